The normalized spacial score (nSPS) is 11.2. The Labute approximate surface area is 291 Å². The van der Waals surface area contributed by atoms with Gasteiger partial charge in [-0.1, -0.05) is 127 Å². The summed E-state index contributed by atoms with van der Waals surface area (Å²) in [5.74, 6) is 0. The van der Waals surface area contributed by atoms with Gasteiger partial charge in [0.1, 0.15) is 11.1 Å². The molecule has 0 fully saturated rings. The van der Waals surface area contributed by atoms with Crippen LogP contribution in [-0.4, -0.2) is 4.98 Å². The highest BCUT2D eigenvalue weighted by molar-refractivity contribution is 6.07. The molecule has 0 aliphatic heterocycles. The van der Waals surface area contributed by atoms with Crippen LogP contribution in [0.4, 0.5) is 17.1 Å². The van der Waals surface area contributed by atoms with Gasteiger partial charge in [-0.3, -0.25) is 4.98 Å². The van der Waals surface area contributed by atoms with Crippen molar-refractivity contribution in [2.45, 2.75) is 0 Å². The molecule has 236 valence electrons. The summed E-state index contributed by atoms with van der Waals surface area (Å²) in [6.45, 7) is 0. The lowest BCUT2D eigenvalue weighted by Crippen LogP contribution is -2.09. The van der Waals surface area contributed by atoms with Crippen LogP contribution in [0, 0.1) is 0 Å². The molecule has 0 aliphatic rings. The van der Waals surface area contributed by atoms with Gasteiger partial charge in [-0.15, -0.1) is 0 Å². The maximum atomic E-state index is 6.31. The van der Waals surface area contributed by atoms with Crippen molar-refractivity contribution in [3.05, 3.63) is 194 Å². The molecule has 0 saturated heterocycles. The van der Waals surface area contributed by atoms with Crippen molar-refractivity contribution >= 4 is 39.1 Å². The monoisotopic (exact) mass is 640 g/mol. The Kier molecular flexibility index (Phi) is 7.49. The SMILES string of the molecule is c1ccc(-c2ccc(N(c3ccc(-c4ccccc4)cc3)c3ccc(-c4cccc(-c5cccc6c5oc5cccnc56)c4)cc3)cc2)cc1. The first-order valence-electron chi connectivity index (χ1n) is 16.9. The van der Waals surface area contributed by atoms with Gasteiger partial charge in [0.2, 0.25) is 0 Å². The molecule has 2 heterocycles. The van der Waals surface area contributed by atoms with E-state index in [2.05, 4.69) is 186 Å². The first-order valence-corrected chi connectivity index (χ1v) is 16.9. The van der Waals surface area contributed by atoms with Gasteiger partial charge in [-0.2, -0.15) is 0 Å². The Hall–Kier alpha value is -6.71. The van der Waals surface area contributed by atoms with Crippen LogP contribution in [0.5, 0.6) is 0 Å². The number of hydrogen-bond donors (Lipinski definition) is 0. The molecule has 0 radical (unpaired) electrons. The van der Waals surface area contributed by atoms with Gasteiger partial charge in [0, 0.05) is 34.2 Å². The van der Waals surface area contributed by atoms with Gasteiger partial charge in [0.15, 0.2) is 5.58 Å². The number of para-hydroxylation sites is 1. The van der Waals surface area contributed by atoms with Crippen LogP contribution in [0.2, 0.25) is 0 Å². The molecule has 50 heavy (non-hydrogen) atoms. The van der Waals surface area contributed by atoms with Crippen molar-refractivity contribution in [1.29, 1.82) is 0 Å². The smallest absolute Gasteiger partial charge is 0.153 e. The Morgan fingerprint density at radius 1 is 0.380 bits per heavy atom. The molecule has 7 aromatic carbocycles. The fraction of sp³-hybridized carbons (Fsp3) is 0. The number of benzene rings is 7. The van der Waals surface area contributed by atoms with Gasteiger partial charge >= 0.3 is 0 Å². The van der Waals surface area contributed by atoms with E-state index in [9.17, 15) is 0 Å². The molecule has 0 unspecified atom stereocenters. The molecular weight excluding hydrogens is 609 g/mol. The molecule has 0 N–H and O–H groups in total. The Bertz CT molecular complexity index is 2470. The topological polar surface area (TPSA) is 29.3 Å². The Morgan fingerprint density at radius 3 is 1.44 bits per heavy atom. The standard InChI is InChI=1S/C47H32N2O/c1-3-10-33(11-4-1)35-19-25-40(26-20-35)49(41-27-21-36(22-28-41)34-12-5-2-6-13-34)42-29-23-37(24-30-42)38-14-7-15-39(32-38)43-16-8-17-44-46-45(50-47(43)44)18-9-31-48-46/h1-32H. The number of furan rings is 1. The van der Waals surface area contributed by atoms with Gasteiger partial charge < -0.3 is 9.32 Å². The minimum atomic E-state index is 0.802. The molecule has 9 rings (SSSR count). The molecule has 0 aliphatic carbocycles. The highest BCUT2D eigenvalue weighted by atomic mass is 16.3. The van der Waals surface area contributed by atoms with Gasteiger partial charge in [-0.05, 0) is 99.6 Å². The predicted molar refractivity (Wildman–Crippen MR) is 208 cm³/mol. The van der Waals surface area contributed by atoms with Crippen molar-refractivity contribution in [3.63, 3.8) is 0 Å². The van der Waals surface area contributed by atoms with Crippen molar-refractivity contribution in [1.82, 2.24) is 4.98 Å². The van der Waals surface area contributed by atoms with E-state index in [4.69, 9.17) is 4.42 Å². The van der Waals surface area contributed by atoms with E-state index in [-0.39, 0.29) is 0 Å². The van der Waals surface area contributed by atoms with E-state index < -0.39 is 0 Å². The number of rotatable bonds is 7. The molecule has 0 amide bonds. The molecular formula is C47H32N2O. The summed E-state index contributed by atoms with van der Waals surface area (Å²) in [4.78, 5) is 6.89. The van der Waals surface area contributed by atoms with Gasteiger partial charge in [0.05, 0.1) is 0 Å². The van der Waals surface area contributed by atoms with E-state index >= 15 is 0 Å². The number of hydrogen-bond acceptors (Lipinski definition) is 3. The fourth-order valence-electron chi connectivity index (χ4n) is 6.83. The number of aromatic nitrogens is 1. The number of fused-ring (bicyclic) bond motifs is 3. The Balaban J connectivity index is 1.07. The first kappa shape index (κ1) is 29.4. The third-order valence-corrected chi connectivity index (χ3v) is 9.35. The number of anilines is 3. The molecule has 0 atom stereocenters. The van der Waals surface area contributed by atoms with Crippen LogP contribution in [0.25, 0.3) is 66.6 Å². The van der Waals surface area contributed by atoms with E-state index in [0.29, 0.717) is 0 Å². The second kappa shape index (κ2) is 12.7. The lowest BCUT2D eigenvalue weighted by atomic mass is 9.97. The zero-order chi connectivity index (χ0) is 33.3. The van der Waals surface area contributed by atoms with Crippen LogP contribution in [0.15, 0.2) is 199 Å². The van der Waals surface area contributed by atoms with Crippen LogP contribution < -0.4 is 4.90 Å². The minimum absolute atomic E-state index is 0.802. The van der Waals surface area contributed by atoms with Crippen LogP contribution in [-0.2, 0) is 0 Å². The molecule has 0 spiro atoms. The summed E-state index contributed by atoms with van der Waals surface area (Å²) >= 11 is 0. The fourth-order valence-corrected chi connectivity index (χ4v) is 6.83. The van der Waals surface area contributed by atoms with Crippen LogP contribution >= 0.6 is 0 Å². The summed E-state index contributed by atoms with van der Waals surface area (Å²) in [5.41, 5.74) is 15.1. The van der Waals surface area contributed by atoms with Crippen LogP contribution in [0.3, 0.4) is 0 Å². The maximum absolute atomic E-state index is 6.31. The average Bonchev–Trinajstić information content (AvgIpc) is 3.59. The molecule has 2 aromatic heterocycles. The first-order chi connectivity index (χ1) is 24.8. The van der Waals surface area contributed by atoms with E-state index in [1.54, 1.807) is 0 Å². The highest BCUT2D eigenvalue weighted by Crippen LogP contribution is 2.39. The summed E-state index contributed by atoms with van der Waals surface area (Å²) < 4.78 is 6.31. The van der Waals surface area contributed by atoms with Crippen LogP contribution in [0.1, 0.15) is 0 Å². The summed E-state index contributed by atoms with van der Waals surface area (Å²) in [6.07, 6.45) is 1.81. The quantitative estimate of drug-likeness (QED) is 0.174. The molecule has 0 saturated carbocycles. The predicted octanol–water partition coefficient (Wildman–Crippen LogP) is 13.1. The average molecular weight is 641 g/mol. The molecule has 0 bridgehead atoms. The molecule has 9 aromatic rings. The Morgan fingerprint density at radius 2 is 0.860 bits per heavy atom. The van der Waals surface area contributed by atoms with Crippen molar-refractivity contribution in [2.24, 2.45) is 0 Å². The summed E-state index contributed by atoms with van der Waals surface area (Å²) in [5, 5.41) is 1.03. The summed E-state index contributed by atoms with van der Waals surface area (Å²) in [6, 6.07) is 66.4. The maximum Gasteiger partial charge on any atom is 0.153 e. The van der Waals surface area contributed by atoms with Crippen molar-refractivity contribution < 1.29 is 4.42 Å². The zero-order valence-corrected chi connectivity index (χ0v) is 27.3. The molecule has 3 heteroatoms. The zero-order valence-electron chi connectivity index (χ0n) is 27.3. The van der Waals surface area contributed by atoms with E-state index in [1.807, 2.05) is 18.3 Å². The van der Waals surface area contributed by atoms with Crippen molar-refractivity contribution in [3.8, 4) is 44.5 Å². The van der Waals surface area contributed by atoms with Gasteiger partial charge in [0.25, 0.3) is 0 Å². The van der Waals surface area contributed by atoms with Gasteiger partial charge in [-0.25, -0.2) is 0 Å². The third kappa shape index (κ3) is 5.51. The number of pyridine rings is 1. The minimum Gasteiger partial charge on any atom is -0.454 e. The second-order valence-corrected chi connectivity index (χ2v) is 12.4. The van der Waals surface area contributed by atoms with E-state index in [1.165, 1.54) is 22.3 Å². The van der Waals surface area contributed by atoms with E-state index in [0.717, 1.165) is 61.4 Å². The lowest BCUT2D eigenvalue weighted by molar-refractivity contribution is 0.669. The number of nitrogens with zero attached hydrogens (tertiary/aromatic N) is 2. The third-order valence-electron chi connectivity index (χ3n) is 9.35. The van der Waals surface area contributed by atoms with Crippen molar-refractivity contribution in [2.75, 3.05) is 4.90 Å². The highest BCUT2D eigenvalue weighted by Gasteiger charge is 2.16. The largest absolute Gasteiger partial charge is 0.454 e. The lowest BCUT2D eigenvalue weighted by Gasteiger charge is -2.26. The second-order valence-electron chi connectivity index (χ2n) is 12.4. The molecule has 3 nitrogen and oxygen atoms in total. The summed E-state index contributed by atoms with van der Waals surface area (Å²) in [7, 11) is 0.